The zero-order valence-electron chi connectivity index (χ0n) is 18.2. The second-order valence-corrected chi connectivity index (χ2v) is 11.5. The molecule has 2 aromatic rings. The summed E-state index contributed by atoms with van der Waals surface area (Å²) in [6, 6.07) is 16.7. The van der Waals surface area contributed by atoms with Crippen molar-refractivity contribution >= 4 is 15.7 Å². The molecule has 3 unspecified atom stereocenters. The molecule has 5 rings (SSSR count). The molecule has 2 aliphatic carbocycles. The number of hydrogen-bond donors (Lipinski definition) is 2. The molecule has 1 heterocycles. The van der Waals surface area contributed by atoms with Gasteiger partial charge in [-0.3, -0.25) is 0 Å². The number of nitrogens with one attached hydrogen (secondary N) is 2. The molecule has 3 aliphatic rings. The summed E-state index contributed by atoms with van der Waals surface area (Å²) >= 11 is 0. The molecule has 3 atom stereocenters. The highest BCUT2D eigenvalue weighted by Gasteiger charge is 2.39. The summed E-state index contributed by atoms with van der Waals surface area (Å²) in [6.07, 6.45) is 10.8. The highest BCUT2D eigenvalue weighted by molar-refractivity contribution is 7.89. The quantitative estimate of drug-likeness (QED) is 0.603. The largest absolute Gasteiger partial charge is 0.378 e. The first-order valence-electron chi connectivity index (χ1n) is 12.1. The molecule has 2 N–H and O–H groups in total. The average Bonchev–Trinajstić information content (AvgIpc) is 2.83. The van der Waals surface area contributed by atoms with Gasteiger partial charge in [0.25, 0.3) is 0 Å². The SMILES string of the molecule is O=S(=O)(NCC1CCCCC1)c1ccc2c(c1)C1CCCCC1C(c1ccccc1)N2. The zero-order valence-corrected chi connectivity index (χ0v) is 19.0. The standard InChI is InChI=1S/C26H34N2O2S/c29-31(30,27-18-19-9-3-1-4-10-19)21-15-16-25-24(17-21)22-13-7-8-14-23(22)26(28-25)20-11-5-2-6-12-20/h2,5-6,11-12,15-17,19,22-23,26-28H,1,3-4,7-10,13-14,18H2. The van der Waals surface area contributed by atoms with Crippen LogP contribution in [0.4, 0.5) is 5.69 Å². The summed E-state index contributed by atoms with van der Waals surface area (Å²) in [6.45, 7) is 0.569. The van der Waals surface area contributed by atoms with Crippen LogP contribution in [0.2, 0.25) is 0 Å². The van der Waals surface area contributed by atoms with Gasteiger partial charge in [-0.1, -0.05) is 62.4 Å². The number of benzene rings is 2. The van der Waals surface area contributed by atoms with Crippen LogP contribution in [0.1, 0.15) is 80.9 Å². The number of fused-ring (bicyclic) bond motifs is 3. The molecule has 31 heavy (non-hydrogen) atoms. The normalized spacial score (nSPS) is 26.5. The third kappa shape index (κ3) is 4.40. The Morgan fingerprint density at radius 3 is 2.42 bits per heavy atom. The Morgan fingerprint density at radius 1 is 0.871 bits per heavy atom. The lowest BCUT2D eigenvalue weighted by molar-refractivity contribution is 0.265. The molecule has 5 heteroatoms. The van der Waals surface area contributed by atoms with Crippen molar-refractivity contribution in [2.75, 3.05) is 11.9 Å². The molecule has 166 valence electrons. The Labute approximate surface area is 186 Å². The highest BCUT2D eigenvalue weighted by Crippen LogP contribution is 2.51. The predicted octanol–water partition coefficient (Wildman–Crippen LogP) is 5.99. The van der Waals surface area contributed by atoms with E-state index in [0.717, 1.165) is 24.9 Å². The van der Waals surface area contributed by atoms with Crippen LogP contribution in [-0.2, 0) is 10.0 Å². The average molecular weight is 439 g/mol. The Kier molecular flexibility index (Phi) is 6.07. The van der Waals surface area contributed by atoms with Crippen molar-refractivity contribution < 1.29 is 8.42 Å². The second kappa shape index (κ2) is 8.95. The highest BCUT2D eigenvalue weighted by atomic mass is 32.2. The zero-order chi connectivity index (χ0) is 21.3. The third-order valence-corrected chi connectivity index (χ3v) is 9.16. The van der Waals surface area contributed by atoms with E-state index in [2.05, 4.69) is 40.4 Å². The minimum atomic E-state index is -3.47. The maximum atomic E-state index is 13.1. The van der Waals surface area contributed by atoms with E-state index in [9.17, 15) is 8.42 Å². The summed E-state index contributed by atoms with van der Waals surface area (Å²) in [5, 5.41) is 3.76. The monoisotopic (exact) mass is 438 g/mol. The van der Waals surface area contributed by atoms with Gasteiger partial charge in [-0.05, 0) is 72.8 Å². The van der Waals surface area contributed by atoms with E-state index in [-0.39, 0.29) is 0 Å². The van der Waals surface area contributed by atoms with Crippen molar-refractivity contribution in [1.82, 2.24) is 4.72 Å². The summed E-state index contributed by atoms with van der Waals surface area (Å²) in [5.41, 5.74) is 3.62. The van der Waals surface area contributed by atoms with E-state index in [0.29, 0.717) is 35.2 Å². The van der Waals surface area contributed by atoms with Gasteiger partial charge in [0.05, 0.1) is 10.9 Å². The Bertz CT molecular complexity index is 999. The van der Waals surface area contributed by atoms with Gasteiger partial charge in [-0.2, -0.15) is 0 Å². The van der Waals surface area contributed by atoms with Gasteiger partial charge in [-0.25, -0.2) is 13.1 Å². The summed E-state index contributed by atoms with van der Waals surface area (Å²) in [4.78, 5) is 0.423. The van der Waals surface area contributed by atoms with E-state index in [1.165, 1.54) is 49.7 Å². The lowest BCUT2D eigenvalue weighted by atomic mass is 9.68. The van der Waals surface area contributed by atoms with Crippen molar-refractivity contribution in [2.24, 2.45) is 11.8 Å². The lowest BCUT2D eigenvalue weighted by Gasteiger charge is -2.44. The molecule has 2 fully saturated rings. The van der Waals surface area contributed by atoms with Crippen LogP contribution in [0.15, 0.2) is 53.4 Å². The van der Waals surface area contributed by atoms with Crippen molar-refractivity contribution in [3.8, 4) is 0 Å². The molecule has 2 aromatic carbocycles. The van der Waals surface area contributed by atoms with E-state index >= 15 is 0 Å². The fourth-order valence-corrected chi connectivity index (χ4v) is 7.21. The minimum Gasteiger partial charge on any atom is -0.378 e. The number of hydrogen-bond acceptors (Lipinski definition) is 3. The minimum absolute atomic E-state index is 0.297. The second-order valence-electron chi connectivity index (χ2n) is 9.69. The molecule has 2 saturated carbocycles. The molecule has 0 saturated heterocycles. The van der Waals surface area contributed by atoms with Gasteiger partial charge in [0.1, 0.15) is 0 Å². The van der Waals surface area contributed by atoms with Gasteiger partial charge >= 0.3 is 0 Å². The summed E-state index contributed by atoms with van der Waals surface area (Å²) in [5.74, 6) is 1.41. The molecule has 0 spiro atoms. The van der Waals surface area contributed by atoms with Crippen LogP contribution in [0.3, 0.4) is 0 Å². The molecule has 0 amide bonds. The van der Waals surface area contributed by atoms with Gasteiger partial charge in [0, 0.05) is 12.2 Å². The summed E-state index contributed by atoms with van der Waals surface area (Å²) < 4.78 is 29.1. The number of rotatable bonds is 5. The van der Waals surface area contributed by atoms with Crippen LogP contribution in [0, 0.1) is 11.8 Å². The van der Waals surface area contributed by atoms with Gasteiger partial charge in [0.15, 0.2) is 0 Å². The fourth-order valence-electron chi connectivity index (χ4n) is 6.06. The topological polar surface area (TPSA) is 58.2 Å². The van der Waals surface area contributed by atoms with Crippen LogP contribution in [0.25, 0.3) is 0 Å². The first-order chi connectivity index (χ1) is 15.1. The molecular formula is C26H34N2O2S. The van der Waals surface area contributed by atoms with Gasteiger partial charge < -0.3 is 5.32 Å². The van der Waals surface area contributed by atoms with Crippen molar-refractivity contribution in [3.63, 3.8) is 0 Å². The predicted molar refractivity (Wildman–Crippen MR) is 126 cm³/mol. The Hall–Kier alpha value is -1.85. The Morgan fingerprint density at radius 2 is 1.61 bits per heavy atom. The fraction of sp³-hybridized carbons (Fsp3) is 0.538. The van der Waals surface area contributed by atoms with E-state index in [1.807, 2.05) is 12.1 Å². The molecule has 0 radical (unpaired) electrons. The van der Waals surface area contributed by atoms with E-state index in [4.69, 9.17) is 0 Å². The first-order valence-corrected chi connectivity index (χ1v) is 13.6. The van der Waals surface area contributed by atoms with Crippen LogP contribution in [-0.4, -0.2) is 15.0 Å². The molecule has 1 aliphatic heterocycles. The number of anilines is 1. The molecule has 0 aromatic heterocycles. The molecule has 4 nitrogen and oxygen atoms in total. The van der Waals surface area contributed by atoms with Crippen molar-refractivity contribution in [2.45, 2.75) is 74.6 Å². The van der Waals surface area contributed by atoms with Gasteiger partial charge in [0.2, 0.25) is 10.0 Å². The van der Waals surface area contributed by atoms with Crippen LogP contribution >= 0.6 is 0 Å². The smallest absolute Gasteiger partial charge is 0.240 e. The maximum Gasteiger partial charge on any atom is 0.240 e. The van der Waals surface area contributed by atoms with Gasteiger partial charge in [-0.15, -0.1) is 0 Å². The molecular weight excluding hydrogens is 404 g/mol. The first kappa shape index (κ1) is 21.0. The summed E-state index contributed by atoms with van der Waals surface area (Å²) in [7, 11) is -3.47. The lowest BCUT2D eigenvalue weighted by Crippen LogP contribution is -2.34. The van der Waals surface area contributed by atoms with Crippen molar-refractivity contribution in [1.29, 1.82) is 0 Å². The van der Waals surface area contributed by atoms with Crippen LogP contribution in [0.5, 0.6) is 0 Å². The van der Waals surface area contributed by atoms with Crippen molar-refractivity contribution in [3.05, 3.63) is 59.7 Å². The van der Waals surface area contributed by atoms with Crippen LogP contribution < -0.4 is 10.0 Å². The Balaban J connectivity index is 1.41. The van der Waals surface area contributed by atoms with E-state index < -0.39 is 10.0 Å². The molecule has 0 bridgehead atoms. The number of sulfonamides is 1. The maximum absolute atomic E-state index is 13.1. The van der Waals surface area contributed by atoms with E-state index in [1.54, 1.807) is 6.07 Å². The third-order valence-electron chi connectivity index (χ3n) is 7.74.